The first kappa shape index (κ1) is 12.8. The molecule has 1 aliphatic rings. The van der Waals surface area contributed by atoms with Crippen LogP contribution in [0.4, 0.5) is 30.2 Å². The van der Waals surface area contributed by atoms with E-state index >= 15 is 0 Å². The smallest absolute Gasteiger partial charge is 0.397 e. The van der Waals surface area contributed by atoms with Crippen molar-refractivity contribution >= 4 is 17.1 Å². The molecule has 104 valence electrons. The van der Waals surface area contributed by atoms with E-state index in [1.165, 1.54) is 11.6 Å². The topological polar surface area (TPSA) is 29.3 Å². The molecule has 2 nitrogen and oxygen atoms in total. The van der Waals surface area contributed by atoms with Crippen LogP contribution in [0.1, 0.15) is 11.1 Å². The van der Waals surface area contributed by atoms with Crippen LogP contribution < -0.4 is 10.6 Å². The summed E-state index contributed by atoms with van der Waals surface area (Å²) in [5.74, 6) is 0. The molecule has 0 unspecified atom stereocenters. The van der Waals surface area contributed by atoms with E-state index in [2.05, 4.69) is 0 Å². The Hall–Kier alpha value is -2.17. The first-order valence-corrected chi connectivity index (χ1v) is 6.29. The van der Waals surface area contributed by atoms with E-state index in [1.807, 2.05) is 29.2 Å². The Labute approximate surface area is 114 Å². The van der Waals surface area contributed by atoms with Gasteiger partial charge in [-0.25, -0.2) is 0 Å². The van der Waals surface area contributed by atoms with Gasteiger partial charge in [0.2, 0.25) is 0 Å². The van der Waals surface area contributed by atoms with E-state index < -0.39 is 11.7 Å². The summed E-state index contributed by atoms with van der Waals surface area (Å²) >= 11 is 0. The quantitative estimate of drug-likeness (QED) is 0.799. The van der Waals surface area contributed by atoms with Crippen molar-refractivity contribution in [3.63, 3.8) is 0 Å². The molecule has 0 aliphatic carbocycles. The maximum Gasteiger partial charge on any atom is 0.416 e. The second-order valence-electron chi connectivity index (χ2n) is 4.80. The monoisotopic (exact) mass is 278 g/mol. The third-order valence-corrected chi connectivity index (χ3v) is 3.53. The molecule has 0 atom stereocenters. The van der Waals surface area contributed by atoms with E-state index in [1.54, 1.807) is 0 Å². The van der Waals surface area contributed by atoms with Gasteiger partial charge in [0.1, 0.15) is 0 Å². The van der Waals surface area contributed by atoms with Crippen LogP contribution in [0.3, 0.4) is 0 Å². The van der Waals surface area contributed by atoms with E-state index in [9.17, 15) is 13.2 Å². The van der Waals surface area contributed by atoms with Crippen molar-refractivity contribution in [2.24, 2.45) is 0 Å². The molecule has 20 heavy (non-hydrogen) atoms. The van der Waals surface area contributed by atoms with Crippen LogP contribution in [0.5, 0.6) is 0 Å². The molecule has 2 N–H and O–H groups in total. The average molecular weight is 278 g/mol. The molecule has 0 bridgehead atoms. The molecular weight excluding hydrogens is 265 g/mol. The number of hydrogen-bond donors (Lipinski definition) is 1. The van der Waals surface area contributed by atoms with Gasteiger partial charge in [-0.3, -0.25) is 0 Å². The minimum absolute atomic E-state index is 0.150. The highest BCUT2D eigenvalue weighted by Gasteiger charge is 2.31. The van der Waals surface area contributed by atoms with Crippen LogP contribution in [-0.4, -0.2) is 6.54 Å². The minimum Gasteiger partial charge on any atom is -0.397 e. The van der Waals surface area contributed by atoms with E-state index in [0.717, 1.165) is 30.8 Å². The standard InChI is InChI=1S/C15H13F3N2/c16-15(17,18)11-5-6-14(12(19)9-11)20-8-7-10-3-1-2-4-13(10)20/h1-6,9H,7-8,19H2. The molecule has 0 aromatic heterocycles. The van der Waals surface area contributed by atoms with Gasteiger partial charge >= 0.3 is 6.18 Å². The van der Waals surface area contributed by atoms with Crippen molar-refractivity contribution in [3.05, 3.63) is 53.6 Å². The summed E-state index contributed by atoms with van der Waals surface area (Å²) in [4.78, 5) is 1.96. The van der Waals surface area contributed by atoms with E-state index in [4.69, 9.17) is 5.73 Å². The Morgan fingerprint density at radius 1 is 1.00 bits per heavy atom. The molecule has 3 rings (SSSR count). The van der Waals surface area contributed by atoms with Gasteiger partial charge in [-0.1, -0.05) is 18.2 Å². The summed E-state index contributed by atoms with van der Waals surface area (Å²) < 4.78 is 37.9. The Bertz CT molecular complexity index is 650. The zero-order chi connectivity index (χ0) is 14.3. The summed E-state index contributed by atoms with van der Waals surface area (Å²) in [6, 6.07) is 11.4. The van der Waals surface area contributed by atoms with Gasteiger partial charge in [0.25, 0.3) is 0 Å². The van der Waals surface area contributed by atoms with Crippen LogP contribution in [0.15, 0.2) is 42.5 Å². The fraction of sp³-hybridized carbons (Fsp3) is 0.200. The molecular formula is C15H13F3N2. The Morgan fingerprint density at radius 3 is 2.45 bits per heavy atom. The number of nitrogen functional groups attached to an aromatic ring is 1. The number of benzene rings is 2. The highest BCUT2D eigenvalue weighted by atomic mass is 19.4. The summed E-state index contributed by atoms with van der Waals surface area (Å²) in [5.41, 5.74) is 8.07. The SMILES string of the molecule is Nc1cc(C(F)(F)F)ccc1N1CCc2ccccc21. The average Bonchev–Trinajstić information content (AvgIpc) is 2.81. The molecule has 1 aliphatic heterocycles. The van der Waals surface area contributed by atoms with Crippen molar-refractivity contribution in [2.75, 3.05) is 17.2 Å². The number of anilines is 3. The lowest BCUT2D eigenvalue weighted by Gasteiger charge is -2.22. The Balaban J connectivity index is 2.01. The normalized spacial score (nSPS) is 14.4. The number of hydrogen-bond acceptors (Lipinski definition) is 2. The van der Waals surface area contributed by atoms with Crippen LogP contribution in [-0.2, 0) is 12.6 Å². The van der Waals surface area contributed by atoms with Crippen molar-refractivity contribution in [1.29, 1.82) is 0 Å². The maximum absolute atomic E-state index is 12.6. The number of para-hydroxylation sites is 1. The third kappa shape index (κ3) is 2.09. The number of fused-ring (bicyclic) bond motifs is 1. The lowest BCUT2D eigenvalue weighted by atomic mass is 10.1. The molecule has 0 spiro atoms. The summed E-state index contributed by atoms with van der Waals surface area (Å²) in [7, 11) is 0. The van der Waals surface area contributed by atoms with E-state index in [0.29, 0.717) is 5.69 Å². The molecule has 0 saturated heterocycles. The number of nitrogens with zero attached hydrogens (tertiary/aromatic N) is 1. The van der Waals surface area contributed by atoms with Crippen LogP contribution >= 0.6 is 0 Å². The number of rotatable bonds is 1. The second-order valence-corrected chi connectivity index (χ2v) is 4.80. The first-order valence-electron chi connectivity index (χ1n) is 6.29. The maximum atomic E-state index is 12.6. The lowest BCUT2D eigenvalue weighted by molar-refractivity contribution is -0.137. The predicted molar refractivity (Wildman–Crippen MR) is 73.0 cm³/mol. The zero-order valence-corrected chi connectivity index (χ0v) is 10.6. The predicted octanol–water partition coefficient (Wildman–Crippen LogP) is 3.98. The van der Waals surface area contributed by atoms with E-state index in [-0.39, 0.29) is 5.69 Å². The largest absolute Gasteiger partial charge is 0.416 e. The number of halogens is 3. The van der Waals surface area contributed by atoms with Crippen LogP contribution in [0.25, 0.3) is 0 Å². The van der Waals surface area contributed by atoms with Crippen molar-refractivity contribution in [3.8, 4) is 0 Å². The van der Waals surface area contributed by atoms with Crippen LogP contribution in [0, 0.1) is 0 Å². The zero-order valence-electron chi connectivity index (χ0n) is 10.6. The van der Waals surface area contributed by atoms with Crippen molar-refractivity contribution in [2.45, 2.75) is 12.6 Å². The fourth-order valence-electron chi connectivity index (χ4n) is 2.57. The molecule has 0 radical (unpaired) electrons. The molecule has 5 heteroatoms. The molecule has 1 heterocycles. The van der Waals surface area contributed by atoms with Crippen molar-refractivity contribution < 1.29 is 13.2 Å². The van der Waals surface area contributed by atoms with Crippen LogP contribution in [0.2, 0.25) is 0 Å². The number of nitrogens with two attached hydrogens (primary N) is 1. The van der Waals surface area contributed by atoms with Gasteiger partial charge < -0.3 is 10.6 Å². The minimum atomic E-state index is -4.37. The summed E-state index contributed by atoms with van der Waals surface area (Å²) in [5, 5.41) is 0. The lowest BCUT2D eigenvalue weighted by Crippen LogP contribution is -2.16. The van der Waals surface area contributed by atoms with Gasteiger partial charge in [-0.05, 0) is 36.2 Å². The first-order chi connectivity index (χ1) is 9.47. The van der Waals surface area contributed by atoms with Gasteiger partial charge in [-0.2, -0.15) is 13.2 Å². The fourth-order valence-corrected chi connectivity index (χ4v) is 2.57. The highest BCUT2D eigenvalue weighted by molar-refractivity contribution is 5.78. The Kier molecular flexibility index (Phi) is 2.85. The molecule has 0 fully saturated rings. The highest BCUT2D eigenvalue weighted by Crippen LogP contribution is 2.39. The summed E-state index contributed by atoms with van der Waals surface area (Å²) in [6.07, 6.45) is -3.49. The number of alkyl halides is 3. The van der Waals surface area contributed by atoms with Gasteiger partial charge in [0.05, 0.1) is 16.9 Å². The molecule has 2 aromatic carbocycles. The molecule has 0 saturated carbocycles. The Morgan fingerprint density at radius 2 is 1.75 bits per heavy atom. The van der Waals surface area contributed by atoms with Gasteiger partial charge in [0.15, 0.2) is 0 Å². The summed E-state index contributed by atoms with van der Waals surface area (Å²) in [6.45, 7) is 0.731. The van der Waals surface area contributed by atoms with Gasteiger partial charge in [-0.15, -0.1) is 0 Å². The third-order valence-electron chi connectivity index (χ3n) is 3.53. The second kappa shape index (κ2) is 4.44. The van der Waals surface area contributed by atoms with Crippen molar-refractivity contribution in [1.82, 2.24) is 0 Å². The van der Waals surface area contributed by atoms with Gasteiger partial charge in [0, 0.05) is 12.2 Å². The molecule has 0 amide bonds. The molecule has 2 aromatic rings.